The second kappa shape index (κ2) is 5.33. The van der Waals surface area contributed by atoms with Crippen molar-refractivity contribution in [1.29, 1.82) is 0 Å². The van der Waals surface area contributed by atoms with Gasteiger partial charge in [0.25, 0.3) is 0 Å². The molecule has 3 saturated heterocycles. The maximum atomic E-state index is 12.3. The van der Waals surface area contributed by atoms with Crippen LogP contribution < -0.4 is 24.8 Å². The Kier molecular flexibility index (Phi) is 3.58. The van der Waals surface area contributed by atoms with E-state index in [2.05, 4.69) is 10.6 Å². The van der Waals surface area contributed by atoms with E-state index in [0.29, 0.717) is 23.7 Å². The van der Waals surface area contributed by atoms with E-state index in [0.717, 1.165) is 5.56 Å². The lowest BCUT2D eigenvalue weighted by molar-refractivity contribution is -0.149. The summed E-state index contributed by atoms with van der Waals surface area (Å²) in [5, 5.41) is 5.69. The highest BCUT2D eigenvalue weighted by molar-refractivity contribution is 6.05. The van der Waals surface area contributed by atoms with Crippen LogP contribution in [-0.2, 0) is 9.59 Å². The van der Waals surface area contributed by atoms with Gasteiger partial charge in [0.15, 0.2) is 11.5 Å². The number of piperidine rings is 2. The summed E-state index contributed by atoms with van der Waals surface area (Å²) >= 11 is 0. The Balaban J connectivity index is 2.12. The molecule has 2 bridgehead atoms. The number of hydrogen-bond donors (Lipinski definition) is 2. The van der Waals surface area contributed by atoms with E-state index in [4.69, 9.17) is 14.2 Å². The quantitative estimate of drug-likeness (QED) is 0.801. The van der Waals surface area contributed by atoms with E-state index in [1.54, 1.807) is 20.1 Å². The zero-order valence-electron chi connectivity index (χ0n) is 13.6. The van der Waals surface area contributed by atoms with E-state index >= 15 is 0 Å². The highest BCUT2D eigenvalue weighted by Crippen LogP contribution is 2.48. The van der Waals surface area contributed by atoms with Crippen molar-refractivity contribution in [2.24, 2.45) is 5.92 Å². The first-order chi connectivity index (χ1) is 10.9. The van der Waals surface area contributed by atoms with Crippen molar-refractivity contribution in [2.75, 3.05) is 21.3 Å². The van der Waals surface area contributed by atoms with Crippen molar-refractivity contribution in [3.8, 4) is 17.2 Å². The van der Waals surface area contributed by atoms with Crippen LogP contribution in [0.25, 0.3) is 0 Å². The Hall–Kier alpha value is -2.44. The summed E-state index contributed by atoms with van der Waals surface area (Å²) in [7, 11) is 4.60. The number of carbonyl (C=O) groups is 2. The van der Waals surface area contributed by atoms with E-state index in [9.17, 15) is 9.59 Å². The molecule has 0 spiro atoms. The molecular weight excluding hydrogens is 300 g/mol. The van der Waals surface area contributed by atoms with E-state index in [1.807, 2.05) is 6.07 Å². The normalized spacial score (nSPS) is 28.9. The summed E-state index contributed by atoms with van der Waals surface area (Å²) in [6, 6.07) is 3.59. The largest absolute Gasteiger partial charge is 0.493 e. The summed E-state index contributed by atoms with van der Waals surface area (Å²) in [4.78, 5) is 24.5. The summed E-state index contributed by atoms with van der Waals surface area (Å²) in [5.41, 5.74) is 0.0252. The first-order valence-electron chi connectivity index (χ1n) is 7.37. The molecule has 3 aliphatic rings. The van der Waals surface area contributed by atoms with Crippen molar-refractivity contribution in [2.45, 2.75) is 24.9 Å². The first kappa shape index (κ1) is 15.5. The van der Waals surface area contributed by atoms with Gasteiger partial charge in [-0.15, -0.1) is 0 Å². The number of fused-ring (bicyclic) bond motifs is 3. The Morgan fingerprint density at radius 3 is 2.09 bits per heavy atom. The summed E-state index contributed by atoms with van der Waals surface area (Å²) in [5.74, 6) is -0.0857. The minimum absolute atomic E-state index is 0.260. The summed E-state index contributed by atoms with van der Waals surface area (Å²) < 4.78 is 16.2. The molecule has 2 N–H and O–H groups in total. The zero-order valence-corrected chi connectivity index (χ0v) is 13.6. The third-order valence-electron chi connectivity index (χ3n) is 4.53. The topological polar surface area (TPSA) is 85.9 Å². The van der Waals surface area contributed by atoms with Gasteiger partial charge in [0.05, 0.1) is 21.3 Å². The maximum Gasteiger partial charge on any atom is 0.235 e. The average Bonchev–Trinajstić information content (AvgIpc) is 2.51. The van der Waals surface area contributed by atoms with Crippen LogP contribution in [0.1, 0.15) is 24.8 Å². The number of carbonyl (C=O) groups excluding carboxylic acids is 2. The van der Waals surface area contributed by atoms with E-state index in [-0.39, 0.29) is 17.7 Å². The third kappa shape index (κ3) is 2.27. The van der Waals surface area contributed by atoms with Gasteiger partial charge in [-0.2, -0.15) is 0 Å². The number of amides is 2. The van der Waals surface area contributed by atoms with E-state index in [1.165, 1.54) is 14.2 Å². The Labute approximate surface area is 134 Å². The van der Waals surface area contributed by atoms with Gasteiger partial charge in [-0.25, -0.2) is 0 Å². The fourth-order valence-electron chi connectivity index (χ4n) is 3.58. The molecule has 3 fully saturated rings. The van der Waals surface area contributed by atoms with Crippen molar-refractivity contribution in [1.82, 2.24) is 10.6 Å². The zero-order chi connectivity index (χ0) is 16.8. The van der Waals surface area contributed by atoms with Gasteiger partial charge in [-0.3, -0.25) is 9.59 Å². The molecule has 1 aromatic rings. The fourth-order valence-corrected chi connectivity index (χ4v) is 3.58. The van der Waals surface area contributed by atoms with Gasteiger partial charge in [0.2, 0.25) is 17.6 Å². The van der Waals surface area contributed by atoms with Crippen LogP contribution in [0.2, 0.25) is 0 Å². The van der Waals surface area contributed by atoms with Gasteiger partial charge in [-0.05, 0) is 19.4 Å². The lowest BCUT2D eigenvalue weighted by Gasteiger charge is -2.48. The molecule has 23 heavy (non-hydrogen) atoms. The number of rotatable bonds is 4. The molecule has 1 unspecified atom stereocenters. The molecule has 7 heteroatoms. The average molecular weight is 320 g/mol. The molecule has 0 saturated carbocycles. The SMILES string of the molecule is COc1ccc(C2CC3(C)NC(=O)C2C(=O)N3)c(OC)c1OC. The van der Waals surface area contributed by atoms with Gasteiger partial charge < -0.3 is 24.8 Å². The molecule has 0 radical (unpaired) electrons. The molecule has 0 aromatic heterocycles. The van der Waals surface area contributed by atoms with Crippen molar-refractivity contribution >= 4 is 11.8 Å². The number of hydrogen-bond acceptors (Lipinski definition) is 5. The number of benzene rings is 1. The predicted octanol–water partition coefficient (Wildman–Crippen LogP) is 0.778. The predicted molar refractivity (Wildman–Crippen MR) is 81.6 cm³/mol. The first-order valence-corrected chi connectivity index (χ1v) is 7.37. The molecular formula is C16H20N2O5. The van der Waals surface area contributed by atoms with Crippen molar-refractivity contribution in [3.05, 3.63) is 17.7 Å². The fraction of sp³-hybridized carbons (Fsp3) is 0.500. The van der Waals surface area contributed by atoms with Crippen LogP contribution in [-0.4, -0.2) is 38.8 Å². The second-order valence-electron chi connectivity index (χ2n) is 6.02. The Morgan fingerprint density at radius 1 is 1.00 bits per heavy atom. The molecule has 3 aliphatic heterocycles. The molecule has 124 valence electrons. The number of ether oxygens (including phenoxy) is 3. The van der Waals surface area contributed by atoms with Gasteiger partial charge >= 0.3 is 0 Å². The lowest BCUT2D eigenvalue weighted by atomic mass is 9.72. The minimum atomic E-state index is -0.774. The molecule has 3 heterocycles. The second-order valence-corrected chi connectivity index (χ2v) is 6.02. The molecule has 0 aliphatic carbocycles. The van der Waals surface area contributed by atoms with Gasteiger partial charge in [0, 0.05) is 11.5 Å². The summed E-state index contributed by atoms with van der Waals surface area (Å²) in [6.07, 6.45) is 0.584. The Bertz CT molecular complexity index is 655. The highest BCUT2D eigenvalue weighted by atomic mass is 16.5. The molecule has 1 aromatic carbocycles. The number of nitrogens with one attached hydrogen (secondary N) is 2. The van der Waals surface area contributed by atoms with Crippen LogP contribution in [0.15, 0.2) is 12.1 Å². The number of methoxy groups -OCH3 is 3. The van der Waals surface area contributed by atoms with Crippen LogP contribution in [0.4, 0.5) is 0 Å². The Morgan fingerprint density at radius 2 is 1.61 bits per heavy atom. The molecule has 2 amide bonds. The van der Waals surface area contributed by atoms with Gasteiger partial charge in [0.1, 0.15) is 11.6 Å². The lowest BCUT2D eigenvalue weighted by Crippen LogP contribution is -2.72. The van der Waals surface area contributed by atoms with E-state index < -0.39 is 11.6 Å². The van der Waals surface area contributed by atoms with Crippen molar-refractivity contribution < 1.29 is 23.8 Å². The monoisotopic (exact) mass is 320 g/mol. The van der Waals surface area contributed by atoms with Crippen LogP contribution >= 0.6 is 0 Å². The third-order valence-corrected chi connectivity index (χ3v) is 4.53. The minimum Gasteiger partial charge on any atom is -0.493 e. The van der Waals surface area contributed by atoms with Crippen LogP contribution in [0.5, 0.6) is 17.2 Å². The highest BCUT2D eigenvalue weighted by Gasteiger charge is 2.53. The molecule has 1 atom stereocenters. The van der Waals surface area contributed by atoms with Crippen molar-refractivity contribution in [3.63, 3.8) is 0 Å². The maximum absolute atomic E-state index is 12.3. The standard InChI is InChI=1S/C16H20N2O5/c1-16-7-9(11(14(19)17-16)15(20)18-16)8-5-6-10(21-2)13(23-4)12(8)22-3/h5-6,9,11H,7H2,1-4H3,(H,17,19)(H,18,20). The smallest absolute Gasteiger partial charge is 0.235 e. The van der Waals surface area contributed by atoms with Crippen LogP contribution in [0, 0.1) is 5.92 Å². The van der Waals surface area contributed by atoms with Crippen LogP contribution in [0.3, 0.4) is 0 Å². The molecule has 4 rings (SSSR count). The van der Waals surface area contributed by atoms with Gasteiger partial charge in [-0.1, -0.05) is 6.07 Å². The molecule has 7 nitrogen and oxygen atoms in total. The summed E-state index contributed by atoms with van der Waals surface area (Å²) in [6.45, 7) is 1.80.